The number of benzene rings is 1. The van der Waals surface area contributed by atoms with Gasteiger partial charge in [-0.1, -0.05) is 0 Å². The van der Waals surface area contributed by atoms with Crippen molar-refractivity contribution >= 4 is 5.69 Å². The number of piperidine rings is 1. The first-order chi connectivity index (χ1) is 15.5. The van der Waals surface area contributed by atoms with Crippen molar-refractivity contribution < 1.29 is 9.13 Å². The molecule has 0 spiro atoms. The number of hydrogen-bond acceptors (Lipinski definition) is 6. The molecule has 8 heteroatoms. The Labute approximate surface area is 186 Å². The molecule has 1 saturated heterocycles. The lowest BCUT2D eigenvalue weighted by Gasteiger charge is -2.34. The Morgan fingerprint density at radius 2 is 2.03 bits per heavy atom. The lowest BCUT2D eigenvalue weighted by atomic mass is 10.0. The van der Waals surface area contributed by atoms with Gasteiger partial charge in [0.05, 0.1) is 40.9 Å². The van der Waals surface area contributed by atoms with E-state index < -0.39 is 12.2 Å². The van der Waals surface area contributed by atoms with E-state index in [1.54, 1.807) is 23.0 Å². The second-order valence-electron chi connectivity index (χ2n) is 8.55. The zero-order chi connectivity index (χ0) is 22.2. The maximum atomic E-state index is 13.7. The summed E-state index contributed by atoms with van der Waals surface area (Å²) in [5, 5.41) is 13.9. The number of pyridine rings is 1. The summed E-state index contributed by atoms with van der Waals surface area (Å²) < 4.78 is 21.6. The summed E-state index contributed by atoms with van der Waals surface area (Å²) in [6, 6.07) is 12.8. The van der Waals surface area contributed by atoms with Crippen LogP contribution < -0.4 is 15.4 Å². The average molecular weight is 433 g/mol. The maximum absolute atomic E-state index is 13.7. The molecule has 5 rings (SSSR count). The van der Waals surface area contributed by atoms with Gasteiger partial charge >= 0.3 is 0 Å². The van der Waals surface area contributed by atoms with Crippen molar-refractivity contribution in [3.05, 3.63) is 53.9 Å². The summed E-state index contributed by atoms with van der Waals surface area (Å²) in [5.74, 6) is 1.70. The summed E-state index contributed by atoms with van der Waals surface area (Å²) in [4.78, 5) is 6.69. The van der Waals surface area contributed by atoms with Crippen molar-refractivity contribution in [1.82, 2.24) is 14.8 Å². The highest BCUT2D eigenvalue weighted by molar-refractivity contribution is 5.70. The minimum Gasteiger partial charge on any atom is -0.439 e. The molecule has 2 aliphatic rings. The quantitative estimate of drug-likeness (QED) is 0.657. The van der Waals surface area contributed by atoms with Gasteiger partial charge in [0.1, 0.15) is 11.9 Å². The lowest BCUT2D eigenvalue weighted by molar-refractivity contribution is 0.244. The molecule has 2 N–H and O–H groups in total. The van der Waals surface area contributed by atoms with Gasteiger partial charge in [-0.25, -0.2) is 9.07 Å². The van der Waals surface area contributed by atoms with Crippen molar-refractivity contribution in [3.63, 3.8) is 0 Å². The van der Waals surface area contributed by atoms with E-state index >= 15 is 0 Å². The second-order valence-corrected chi connectivity index (χ2v) is 8.55. The summed E-state index contributed by atoms with van der Waals surface area (Å²) in [6.07, 6.45) is 3.57. The Kier molecular flexibility index (Phi) is 5.27. The summed E-state index contributed by atoms with van der Waals surface area (Å²) in [6.45, 7) is 1.09. The van der Waals surface area contributed by atoms with Gasteiger partial charge in [-0.05, 0) is 49.6 Å². The van der Waals surface area contributed by atoms with Crippen molar-refractivity contribution in [2.75, 3.05) is 18.0 Å². The molecule has 0 unspecified atom stereocenters. The Morgan fingerprint density at radius 3 is 2.72 bits per heavy atom. The van der Waals surface area contributed by atoms with E-state index in [0.29, 0.717) is 42.6 Å². The largest absolute Gasteiger partial charge is 0.439 e. The molecule has 0 bridgehead atoms. The Balaban J connectivity index is 1.42. The van der Waals surface area contributed by atoms with Gasteiger partial charge in [0, 0.05) is 37.7 Å². The topological polar surface area (TPSA) is 93.0 Å². The number of rotatable bonds is 5. The van der Waals surface area contributed by atoms with Crippen LogP contribution in [-0.4, -0.2) is 40.1 Å². The molecule has 1 aliphatic heterocycles. The highest BCUT2D eigenvalue weighted by Crippen LogP contribution is 2.41. The summed E-state index contributed by atoms with van der Waals surface area (Å²) >= 11 is 0. The van der Waals surface area contributed by atoms with Gasteiger partial charge in [0.15, 0.2) is 0 Å². The summed E-state index contributed by atoms with van der Waals surface area (Å²) in [7, 11) is 1.85. The zero-order valence-corrected chi connectivity index (χ0v) is 17.9. The fourth-order valence-corrected chi connectivity index (χ4v) is 4.07. The number of nitriles is 1. The molecule has 164 valence electrons. The van der Waals surface area contributed by atoms with Gasteiger partial charge in [-0.2, -0.15) is 10.4 Å². The third kappa shape index (κ3) is 4.04. The van der Waals surface area contributed by atoms with E-state index in [-0.39, 0.29) is 0 Å². The standard InChI is InChI=1S/C24H25FN6O/c1-30-24(11-22(29-30)16-3-4-16)32-23-10-15(12-26)2-6-18(23)21-7-5-17(13-28-21)31-9-8-19(25)20(27)14-31/h2,5-7,10-11,13,16,19-20H,3-4,8-9,14,27H2,1H3/t19-,20-/m1/s1. The van der Waals surface area contributed by atoms with Crippen LogP contribution in [0.4, 0.5) is 10.1 Å². The molecular formula is C24H25FN6O. The fourth-order valence-electron chi connectivity index (χ4n) is 4.07. The Bertz CT molecular complexity index is 1160. The van der Waals surface area contributed by atoms with Crippen molar-refractivity contribution in [2.45, 2.75) is 37.4 Å². The molecule has 7 nitrogen and oxygen atoms in total. The van der Waals surface area contributed by atoms with Crippen LogP contribution in [0, 0.1) is 11.3 Å². The normalized spacial score (nSPS) is 20.8. The van der Waals surface area contributed by atoms with Gasteiger partial charge in [-0.15, -0.1) is 0 Å². The molecule has 1 aliphatic carbocycles. The molecule has 0 radical (unpaired) electrons. The third-order valence-electron chi connectivity index (χ3n) is 6.14. The number of ether oxygens (including phenoxy) is 1. The number of aromatic nitrogens is 3. The van der Waals surface area contributed by atoms with Crippen LogP contribution in [0.3, 0.4) is 0 Å². The van der Waals surface area contributed by atoms with Crippen LogP contribution in [0.15, 0.2) is 42.6 Å². The fraction of sp³-hybridized carbons (Fsp3) is 0.375. The van der Waals surface area contributed by atoms with E-state index in [1.165, 1.54) is 0 Å². The molecule has 0 amide bonds. The molecular weight excluding hydrogens is 407 g/mol. The molecule has 2 atom stereocenters. The number of halogens is 1. The molecule has 3 aromatic rings. The number of nitrogens with two attached hydrogens (primary N) is 1. The van der Waals surface area contributed by atoms with E-state index in [4.69, 9.17) is 10.5 Å². The predicted molar refractivity (Wildman–Crippen MR) is 119 cm³/mol. The lowest BCUT2D eigenvalue weighted by Crippen LogP contribution is -2.49. The number of alkyl halides is 1. The molecule has 1 saturated carbocycles. The van der Waals surface area contributed by atoms with Crippen molar-refractivity contribution in [3.8, 4) is 29.0 Å². The van der Waals surface area contributed by atoms with Crippen molar-refractivity contribution in [2.24, 2.45) is 12.8 Å². The van der Waals surface area contributed by atoms with Crippen LogP contribution in [-0.2, 0) is 7.05 Å². The first-order valence-electron chi connectivity index (χ1n) is 10.9. The molecule has 1 aromatic carbocycles. The van der Waals surface area contributed by atoms with E-state index in [2.05, 4.69) is 21.1 Å². The first kappa shape index (κ1) is 20.5. The highest BCUT2D eigenvalue weighted by atomic mass is 19.1. The Hall–Kier alpha value is -3.44. The first-order valence-corrected chi connectivity index (χ1v) is 10.9. The number of anilines is 1. The zero-order valence-electron chi connectivity index (χ0n) is 17.9. The average Bonchev–Trinajstić information content (AvgIpc) is 3.59. The molecule has 3 heterocycles. The summed E-state index contributed by atoms with van der Waals surface area (Å²) in [5.41, 5.74) is 9.86. The minimum absolute atomic E-state index is 0.421. The van der Waals surface area contributed by atoms with Crippen LogP contribution >= 0.6 is 0 Å². The van der Waals surface area contributed by atoms with Crippen LogP contribution in [0.2, 0.25) is 0 Å². The smallest absolute Gasteiger partial charge is 0.217 e. The second kappa shape index (κ2) is 8.24. The number of aryl methyl sites for hydroxylation is 1. The van der Waals surface area contributed by atoms with Gasteiger partial charge < -0.3 is 15.4 Å². The van der Waals surface area contributed by atoms with E-state index in [1.807, 2.05) is 31.3 Å². The van der Waals surface area contributed by atoms with Crippen LogP contribution in [0.5, 0.6) is 11.6 Å². The van der Waals surface area contributed by atoms with Crippen molar-refractivity contribution in [1.29, 1.82) is 5.26 Å². The van der Waals surface area contributed by atoms with Crippen LogP contribution in [0.25, 0.3) is 11.3 Å². The van der Waals surface area contributed by atoms with Gasteiger partial charge in [0.25, 0.3) is 0 Å². The predicted octanol–water partition coefficient (Wildman–Crippen LogP) is 3.90. The van der Waals surface area contributed by atoms with Gasteiger partial charge in [-0.3, -0.25) is 4.98 Å². The van der Waals surface area contributed by atoms with E-state index in [0.717, 1.165) is 35.5 Å². The van der Waals surface area contributed by atoms with E-state index in [9.17, 15) is 9.65 Å². The van der Waals surface area contributed by atoms with Gasteiger partial charge in [0.2, 0.25) is 5.88 Å². The van der Waals surface area contributed by atoms with Crippen LogP contribution in [0.1, 0.15) is 36.4 Å². The molecule has 32 heavy (non-hydrogen) atoms. The highest BCUT2D eigenvalue weighted by Gasteiger charge is 2.28. The SMILES string of the molecule is Cn1nc(C2CC2)cc1Oc1cc(C#N)ccc1-c1ccc(N2CC[C@@H](F)[C@H](N)C2)cn1. The maximum Gasteiger partial charge on any atom is 0.217 e. The number of nitrogens with zero attached hydrogens (tertiary/aromatic N) is 5. The third-order valence-corrected chi connectivity index (χ3v) is 6.14. The monoisotopic (exact) mass is 432 g/mol. The minimum atomic E-state index is -0.954. The molecule has 2 aromatic heterocycles. The molecule has 2 fully saturated rings. The Morgan fingerprint density at radius 1 is 1.19 bits per heavy atom. The number of hydrogen-bond donors (Lipinski definition) is 1.